The lowest BCUT2D eigenvalue weighted by molar-refractivity contribution is -0.136. The van der Waals surface area contributed by atoms with Crippen LogP contribution in [0.15, 0.2) is 54.7 Å². The molecule has 3 rings (SSSR count). The van der Waals surface area contributed by atoms with Crippen LogP contribution in [0.3, 0.4) is 0 Å². The van der Waals surface area contributed by atoms with Crippen LogP contribution >= 0.6 is 15.9 Å². The Hall–Kier alpha value is -1.88. The molecule has 0 atom stereocenters. The number of hydrogen-bond acceptors (Lipinski definition) is 1. The number of para-hydroxylation sites is 1. The van der Waals surface area contributed by atoms with E-state index in [1.165, 1.54) is 12.3 Å². The number of halogens is 4. The zero-order chi connectivity index (χ0) is 15.7. The molecule has 1 aromatic heterocycles. The second-order valence-corrected chi connectivity index (χ2v) is 5.42. The molecule has 112 valence electrons. The van der Waals surface area contributed by atoms with E-state index in [9.17, 15) is 13.2 Å². The Kier molecular flexibility index (Phi) is 3.91. The summed E-state index contributed by atoms with van der Waals surface area (Å²) < 4.78 is 39.6. The van der Waals surface area contributed by atoms with Crippen LogP contribution in [-0.4, -0.2) is 4.98 Å². The lowest BCUT2D eigenvalue weighted by atomic mass is 9.95. The van der Waals surface area contributed by atoms with E-state index in [1.807, 2.05) is 30.3 Å². The largest absolute Gasteiger partial charge is 0.418 e. The van der Waals surface area contributed by atoms with Gasteiger partial charge in [0.05, 0.1) is 11.1 Å². The first kappa shape index (κ1) is 15.0. The molecule has 1 nitrogen and oxygen atoms in total. The third kappa shape index (κ3) is 2.61. The summed E-state index contributed by atoms with van der Waals surface area (Å²) in [5, 5.41) is 1.04. The average molecular weight is 366 g/mol. The van der Waals surface area contributed by atoms with Gasteiger partial charge in [0.1, 0.15) is 0 Å². The Labute approximate surface area is 133 Å². The third-order valence-electron chi connectivity index (χ3n) is 3.49. The highest BCUT2D eigenvalue weighted by molar-refractivity contribution is 9.08. The summed E-state index contributed by atoms with van der Waals surface area (Å²) in [7, 11) is 0. The van der Waals surface area contributed by atoms with Gasteiger partial charge in [-0.05, 0) is 22.8 Å². The van der Waals surface area contributed by atoms with Crippen LogP contribution in [0.25, 0.3) is 22.0 Å². The third-order valence-corrected chi connectivity index (χ3v) is 4.09. The number of benzene rings is 2. The van der Waals surface area contributed by atoms with Crippen LogP contribution in [0.4, 0.5) is 13.2 Å². The summed E-state index contributed by atoms with van der Waals surface area (Å²) >= 11 is 3.39. The van der Waals surface area contributed by atoms with Gasteiger partial charge >= 0.3 is 6.18 Å². The Balaban J connectivity index is 2.39. The van der Waals surface area contributed by atoms with Crippen molar-refractivity contribution in [3.05, 3.63) is 65.9 Å². The molecular formula is C17H11BrF3N. The molecule has 0 amide bonds. The molecule has 1 heterocycles. The number of nitrogens with zero attached hydrogens (tertiary/aromatic N) is 1. The fraction of sp³-hybridized carbons (Fsp3) is 0.118. The number of fused-ring (bicyclic) bond motifs is 1. The highest BCUT2D eigenvalue weighted by Crippen LogP contribution is 2.38. The van der Waals surface area contributed by atoms with Gasteiger partial charge in [-0.1, -0.05) is 58.4 Å². The van der Waals surface area contributed by atoms with Crippen LogP contribution in [0.1, 0.15) is 11.1 Å². The van der Waals surface area contributed by atoms with E-state index in [0.29, 0.717) is 10.7 Å². The number of hydrogen-bond donors (Lipinski definition) is 0. The van der Waals surface area contributed by atoms with E-state index in [0.717, 1.165) is 22.8 Å². The van der Waals surface area contributed by atoms with Crippen LogP contribution in [0.2, 0.25) is 0 Å². The van der Waals surface area contributed by atoms with Crippen molar-refractivity contribution < 1.29 is 13.2 Å². The van der Waals surface area contributed by atoms with Crippen molar-refractivity contribution in [2.75, 3.05) is 0 Å². The van der Waals surface area contributed by atoms with Crippen molar-refractivity contribution in [1.29, 1.82) is 0 Å². The van der Waals surface area contributed by atoms with Crippen LogP contribution < -0.4 is 0 Å². The molecular weight excluding hydrogens is 355 g/mol. The predicted molar refractivity (Wildman–Crippen MR) is 84.8 cm³/mol. The maximum atomic E-state index is 13.2. The molecule has 0 saturated heterocycles. The first-order valence-electron chi connectivity index (χ1n) is 6.61. The van der Waals surface area contributed by atoms with Crippen molar-refractivity contribution in [2.45, 2.75) is 11.5 Å². The SMILES string of the molecule is FC(F)(F)c1cccc2c(-c3ccccc3)c(CBr)cnc12. The van der Waals surface area contributed by atoms with Gasteiger partial charge in [0, 0.05) is 16.9 Å². The molecule has 3 aromatic rings. The zero-order valence-electron chi connectivity index (χ0n) is 11.4. The summed E-state index contributed by atoms with van der Waals surface area (Å²) in [5.74, 6) is 0. The topological polar surface area (TPSA) is 12.9 Å². The molecule has 0 fully saturated rings. The second kappa shape index (κ2) is 5.72. The maximum absolute atomic E-state index is 13.2. The van der Waals surface area contributed by atoms with Gasteiger partial charge in [0.15, 0.2) is 0 Å². The highest BCUT2D eigenvalue weighted by Gasteiger charge is 2.33. The lowest BCUT2D eigenvalue weighted by Gasteiger charge is -2.15. The molecule has 5 heteroatoms. The van der Waals surface area contributed by atoms with Crippen LogP contribution in [-0.2, 0) is 11.5 Å². The monoisotopic (exact) mass is 365 g/mol. The van der Waals surface area contributed by atoms with Crippen molar-refractivity contribution >= 4 is 26.8 Å². The predicted octanol–water partition coefficient (Wildman–Crippen LogP) is 5.82. The second-order valence-electron chi connectivity index (χ2n) is 4.86. The standard InChI is InChI=1S/C17H11BrF3N/c18-9-12-10-22-16-13(7-4-8-14(16)17(19,20)21)15(12)11-5-2-1-3-6-11/h1-8,10H,9H2. The fourth-order valence-electron chi connectivity index (χ4n) is 2.54. The van der Waals surface area contributed by atoms with Gasteiger partial charge in [-0.25, -0.2) is 0 Å². The number of rotatable bonds is 2. The lowest BCUT2D eigenvalue weighted by Crippen LogP contribution is -2.07. The molecule has 0 radical (unpaired) electrons. The molecule has 0 N–H and O–H groups in total. The Morgan fingerprint density at radius 3 is 2.32 bits per heavy atom. The van der Waals surface area contributed by atoms with Crippen molar-refractivity contribution in [3.63, 3.8) is 0 Å². The van der Waals surface area contributed by atoms with E-state index < -0.39 is 11.7 Å². The molecule has 2 aromatic carbocycles. The molecule has 0 bridgehead atoms. The minimum absolute atomic E-state index is 0.0152. The van der Waals surface area contributed by atoms with E-state index in [-0.39, 0.29) is 5.52 Å². The van der Waals surface area contributed by atoms with Gasteiger partial charge < -0.3 is 0 Å². The smallest absolute Gasteiger partial charge is 0.255 e. The summed E-state index contributed by atoms with van der Waals surface area (Å²) in [6.07, 6.45) is -2.91. The van der Waals surface area contributed by atoms with Gasteiger partial charge in [-0.3, -0.25) is 4.98 Å². The van der Waals surface area contributed by atoms with E-state index >= 15 is 0 Å². The summed E-state index contributed by atoms with van der Waals surface area (Å²) in [5.41, 5.74) is 1.80. The van der Waals surface area contributed by atoms with Crippen molar-refractivity contribution in [3.8, 4) is 11.1 Å². The fourth-order valence-corrected chi connectivity index (χ4v) is 2.97. The van der Waals surface area contributed by atoms with Crippen molar-refractivity contribution in [1.82, 2.24) is 4.98 Å². The van der Waals surface area contributed by atoms with Gasteiger partial charge in [-0.15, -0.1) is 0 Å². The number of aromatic nitrogens is 1. The minimum atomic E-state index is -4.42. The molecule has 0 aliphatic carbocycles. The molecule has 0 saturated carbocycles. The number of alkyl halides is 4. The summed E-state index contributed by atoms with van der Waals surface area (Å²) in [6, 6.07) is 13.6. The zero-order valence-corrected chi connectivity index (χ0v) is 12.9. The molecule has 0 unspecified atom stereocenters. The Bertz CT molecular complexity index is 813. The highest BCUT2D eigenvalue weighted by atomic mass is 79.9. The quantitative estimate of drug-likeness (QED) is 0.521. The first-order chi connectivity index (χ1) is 10.5. The van der Waals surface area contributed by atoms with Gasteiger partial charge in [0.25, 0.3) is 0 Å². The van der Waals surface area contributed by atoms with Crippen molar-refractivity contribution in [2.24, 2.45) is 0 Å². The Morgan fingerprint density at radius 2 is 1.68 bits per heavy atom. The number of pyridine rings is 1. The molecule has 22 heavy (non-hydrogen) atoms. The first-order valence-corrected chi connectivity index (χ1v) is 7.73. The molecule has 0 aliphatic rings. The minimum Gasteiger partial charge on any atom is -0.255 e. The summed E-state index contributed by atoms with van der Waals surface area (Å²) in [6.45, 7) is 0. The van der Waals surface area contributed by atoms with E-state index in [1.54, 1.807) is 6.07 Å². The van der Waals surface area contributed by atoms with E-state index in [2.05, 4.69) is 20.9 Å². The van der Waals surface area contributed by atoms with Gasteiger partial charge in [-0.2, -0.15) is 13.2 Å². The normalized spacial score (nSPS) is 11.8. The van der Waals surface area contributed by atoms with E-state index in [4.69, 9.17) is 0 Å². The maximum Gasteiger partial charge on any atom is 0.418 e. The van der Waals surface area contributed by atoms with Crippen LogP contribution in [0, 0.1) is 0 Å². The average Bonchev–Trinajstić information content (AvgIpc) is 2.53. The summed E-state index contributed by atoms with van der Waals surface area (Å²) in [4.78, 5) is 4.05. The van der Waals surface area contributed by atoms with Crippen LogP contribution in [0.5, 0.6) is 0 Å². The molecule has 0 aliphatic heterocycles. The van der Waals surface area contributed by atoms with Gasteiger partial charge in [0.2, 0.25) is 0 Å². The molecule has 0 spiro atoms. The Morgan fingerprint density at radius 1 is 0.955 bits per heavy atom.